The summed E-state index contributed by atoms with van der Waals surface area (Å²) in [7, 11) is 0. The van der Waals surface area contributed by atoms with Gasteiger partial charge in [-0.05, 0) is 71.3 Å². The number of carbonyl (C=O) groups is 1. The topological polar surface area (TPSA) is 53.4 Å². The predicted octanol–water partition coefficient (Wildman–Crippen LogP) is 7.21. The number of benzene rings is 2. The van der Waals surface area contributed by atoms with Crippen molar-refractivity contribution in [3.05, 3.63) is 99.2 Å². The number of fused-ring (bicyclic) bond motifs is 3. The number of halogens is 3. The van der Waals surface area contributed by atoms with E-state index in [0.29, 0.717) is 18.2 Å². The second-order valence-corrected chi connectivity index (χ2v) is 12.2. The summed E-state index contributed by atoms with van der Waals surface area (Å²) in [5.74, 6) is 1.75. The normalized spacial score (nSPS) is 15.9. The maximum atomic E-state index is 13.9. The minimum absolute atomic E-state index is 0.123. The number of amides is 1. The minimum atomic E-state index is -0.419. The summed E-state index contributed by atoms with van der Waals surface area (Å²) in [5, 5.41) is 4.72. The Labute approximate surface area is 253 Å². The largest absolute Gasteiger partial charge is 0.362 e. The van der Waals surface area contributed by atoms with E-state index in [0.717, 1.165) is 59.7 Å². The summed E-state index contributed by atoms with van der Waals surface area (Å²) in [5.41, 5.74) is 6.02. The molecule has 6 nitrogen and oxygen atoms in total. The average Bonchev–Trinajstić information content (AvgIpc) is 3.31. The zero-order valence-electron chi connectivity index (χ0n) is 22.5. The zero-order chi connectivity index (χ0) is 28.3. The van der Waals surface area contributed by atoms with E-state index in [4.69, 9.17) is 23.2 Å². The Morgan fingerprint density at radius 2 is 2.02 bits per heavy atom. The molecule has 1 saturated heterocycles. The molecule has 1 N–H and O–H groups in total. The summed E-state index contributed by atoms with van der Waals surface area (Å²) in [6.45, 7) is 3.66. The Kier molecular flexibility index (Phi) is 8.53. The summed E-state index contributed by atoms with van der Waals surface area (Å²) in [4.78, 5) is 22.4. The van der Waals surface area contributed by atoms with Crippen LogP contribution in [0.1, 0.15) is 28.8 Å². The lowest BCUT2D eigenvalue weighted by molar-refractivity contribution is 0.240. The van der Waals surface area contributed by atoms with Gasteiger partial charge < -0.3 is 10.2 Å². The number of hydrogen-bond donors (Lipinski definition) is 1. The number of nitrogens with zero attached hydrogens (tertiary/aromatic N) is 4. The van der Waals surface area contributed by atoms with Gasteiger partial charge in [0.15, 0.2) is 0 Å². The number of thioether (sulfide) groups is 1. The first kappa shape index (κ1) is 28.1. The third-order valence-electron chi connectivity index (χ3n) is 7.60. The molecule has 41 heavy (non-hydrogen) atoms. The maximum Gasteiger partial charge on any atom is 0.326 e. The molecule has 0 atom stereocenters. The quantitative estimate of drug-likeness (QED) is 0.234. The molecule has 4 aromatic rings. The monoisotopic (exact) mass is 609 g/mol. The van der Waals surface area contributed by atoms with E-state index in [1.54, 1.807) is 18.3 Å². The third kappa shape index (κ3) is 6.26. The van der Waals surface area contributed by atoms with Gasteiger partial charge in [0.1, 0.15) is 11.0 Å². The molecule has 2 aromatic carbocycles. The van der Waals surface area contributed by atoms with E-state index < -0.39 is 5.82 Å². The molecule has 4 heterocycles. The van der Waals surface area contributed by atoms with Crippen molar-refractivity contribution >= 4 is 63.7 Å². The molecule has 2 aliphatic heterocycles. The van der Waals surface area contributed by atoms with Crippen LogP contribution < -0.4 is 10.2 Å². The molecule has 0 unspecified atom stereocenters. The summed E-state index contributed by atoms with van der Waals surface area (Å²) in [6, 6.07) is 14.8. The first-order valence-electron chi connectivity index (χ1n) is 13.7. The molecule has 6 rings (SSSR count). The first-order valence-corrected chi connectivity index (χ1v) is 15.6. The molecule has 0 saturated carbocycles. The van der Waals surface area contributed by atoms with Gasteiger partial charge in [0, 0.05) is 62.1 Å². The molecule has 1 fully saturated rings. The van der Waals surface area contributed by atoms with Crippen LogP contribution in [0.15, 0.2) is 60.8 Å². The highest BCUT2D eigenvalue weighted by Crippen LogP contribution is 2.35. The molecule has 2 aliphatic rings. The lowest BCUT2D eigenvalue weighted by Gasteiger charge is -2.29. The van der Waals surface area contributed by atoms with Crippen LogP contribution in [-0.2, 0) is 19.5 Å². The highest BCUT2D eigenvalue weighted by atomic mass is 35.5. The smallest absolute Gasteiger partial charge is 0.326 e. The Bertz CT molecular complexity index is 1620. The van der Waals surface area contributed by atoms with Crippen molar-refractivity contribution in [2.24, 2.45) is 0 Å². The number of hydrogen-bond acceptors (Lipinski definition) is 5. The molecular formula is C31H30Cl2FN5OS. The molecule has 0 aliphatic carbocycles. The van der Waals surface area contributed by atoms with Crippen molar-refractivity contribution in [1.82, 2.24) is 19.8 Å². The second kappa shape index (κ2) is 12.4. The van der Waals surface area contributed by atoms with E-state index in [9.17, 15) is 9.18 Å². The van der Waals surface area contributed by atoms with Crippen molar-refractivity contribution in [3.8, 4) is 0 Å². The van der Waals surface area contributed by atoms with Gasteiger partial charge in [0.25, 0.3) is 0 Å². The Balaban J connectivity index is 1.28. The number of anilines is 1. The maximum absolute atomic E-state index is 13.9. The average molecular weight is 611 g/mol. The van der Waals surface area contributed by atoms with Crippen LogP contribution >= 0.6 is 35.0 Å². The van der Waals surface area contributed by atoms with Gasteiger partial charge in [-0.1, -0.05) is 41.4 Å². The van der Waals surface area contributed by atoms with E-state index in [1.807, 2.05) is 34.5 Å². The van der Waals surface area contributed by atoms with Gasteiger partial charge >= 0.3 is 6.03 Å². The van der Waals surface area contributed by atoms with Gasteiger partial charge in [0.2, 0.25) is 0 Å². The Hall–Kier alpha value is -3.04. The van der Waals surface area contributed by atoms with Crippen LogP contribution in [0.2, 0.25) is 10.2 Å². The standard InChI is InChI=1S/C31H30Cl2FN5OS/c32-26-6-4-21(15-27(26)34)3-1-11-37-13-9-29-25(19-37)24-17-23(38-12-2-14-41-20-38)5-7-28(24)39(29)31(40)36-18-22-8-10-35-30(33)16-22/h1,3-8,10,15-17H,2,9,11-14,18-20H2,(H,36,40). The van der Waals surface area contributed by atoms with E-state index in [2.05, 4.69) is 44.4 Å². The summed E-state index contributed by atoms with van der Waals surface area (Å²) < 4.78 is 15.7. The molecule has 10 heteroatoms. The highest BCUT2D eigenvalue weighted by Gasteiger charge is 2.27. The number of aromatic nitrogens is 2. The SMILES string of the molecule is O=C(NCc1ccnc(Cl)c1)n1c2c(c3cc(N4CCCSC4)ccc31)CN(CC=Cc1ccc(Cl)c(F)c1)CC2. The van der Waals surface area contributed by atoms with E-state index >= 15 is 0 Å². The second-order valence-electron chi connectivity index (χ2n) is 10.3. The fourth-order valence-corrected chi connectivity index (χ4v) is 6.83. The molecule has 2 aromatic heterocycles. The van der Waals surface area contributed by atoms with Crippen molar-refractivity contribution in [2.45, 2.75) is 25.9 Å². The molecule has 0 bridgehead atoms. The number of pyridine rings is 1. The minimum Gasteiger partial charge on any atom is -0.362 e. The van der Waals surface area contributed by atoms with Gasteiger partial charge in [-0.2, -0.15) is 0 Å². The fourth-order valence-electron chi connectivity index (χ4n) is 5.55. The first-order chi connectivity index (χ1) is 20.0. The molecule has 0 radical (unpaired) electrons. The van der Waals surface area contributed by atoms with Crippen LogP contribution in [0.4, 0.5) is 14.9 Å². The van der Waals surface area contributed by atoms with Crippen molar-refractivity contribution < 1.29 is 9.18 Å². The zero-order valence-corrected chi connectivity index (χ0v) is 24.8. The van der Waals surface area contributed by atoms with Crippen LogP contribution in [-0.4, -0.2) is 51.7 Å². The van der Waals surface area contributed by atoms with Crippen LogP contribution in [0, 0.1) is 5.82 Å². The highest BCUT2D eigenvalue weighted by molar-refractivity contribution is 7.99. The van der Waals surface area contributed by atoms with Crippen LogP contribution in [0.3, 0.4) is 0 Å². The van der Waals surface area contributed by atoms with Crippen molar-refractivity contribution in [3.63, 3.8) is 0 Å². The Morgan fingerprint density at radius 1 is 1.12 bits per heavy atom. The third-order valence-corrected chi connectivity index (χ3v) is 9.18. The van der Waals surface area contributed by atoms with Gasteiger partial charge in [-0.3, -0.25) is 9.47 Å². The van der Waals surface area contributed by atoms with Gasteiger partial charge in [-0.15, -0.1) is 11.8 Å². The molecule has 212 valence electrons. The van der Waals surface area contributed by atoms with Gasteiger partial charge in [-0.25, -0.2) is 14.2 Å². The van der Waals surface area contributed by atoms with E-state index in [-0.39, 0.29) is 11.1 Å². The number of nitrogens with one attached hydrogen (secondary N) is 1. The summed E-state index contributed by atoms with van der Waals surface area (Å²) >= 11 is 13.8. The van der Waals surface area contributed by atoms with Crippen LogP contribution in [0.25, 0.3) is 17.0 Å². The summed E-state index contributed by atoms with van der Waals surface area (Å²) in [6.07, 6.45) is 7.53. The predicted molar refractivity (Wildman–Crippen MR) is 168 cm³/mol. The lowest BCUT2D eigenvalue weighted by atomic mass is 10.0. The van der Waals surface area contributed by atoms with Crippen LogP contribution in [0.5, 0.6) is 0 Å². The van der Waals surface area contributed by atoms with Gasteiger partial charge in [0.05, 0.1) is 16.4 Å². The number of carbonyl (C=O) groups excluding carboxylic acids is 1. The Morgan fingerprint density at radius 3 is 2.83 bits per heavy atom. The van der Waals surface area contributed by atoms with Crippen molar-refractivity contribution in [1.29, 1.82) is 0 Å². The molecule has 0 spiro atoms. The van der Waals surface area contributed by atoms with Crippen molar-refractivity contribution in [2.75, 3.05) is 36.2 Å². The van der Waals surface area contributed by atoms with E-state index in [1.165, 1.54) is 29.5 Å². The lowest BCUT2D eigenvalue weighted by Crippen LogP contribution is -2.34. The molecular weight excluding hydrogens is 580 g/mol. The molecule has 1 amide bonds. The fraction of sp³-hybridized carbons (Fsp3) is 0.290. The number of rotatable bonds is 6.